The Kier molecular flexibility index (Phi) is 4.74. The van der Waals surface area contributed by atoms with Gasteiger partial charge in [-0.3, -0.25) is 0 Å². The zero-order chi connectivity index (χ0) is 9.73. The van der Waals surface area contributed by atoms with Gasteiger partial charge in [0.15, 0.2) is 0 Å². The lowest BCUT2D eigenvalue weighted by Crippen LogP contribution is -2.14. The van der Waals surface area contributed by atoms with Crippen LogP contribution in [0.2, 0.25) is 0 Å². The molecule has 0 amide bonds. The number of alkyl halides is 1. The molecule has 0 bridgehead atoms. The molecule has 0 aromatic rings. The van der Waals surface area contributed by atoms with Gasteiger partial charge < -0.3 is 4.74 Å². The Morgan fingerprint density at radius 2 is 2.23 bits per heavy atom. The number of ether oxygens (including phenoxy) is 1. The molecule has 1 rings (SSSR count). The maximum Gasteiger partial charge on any atom is 0.0576 e. The molecule has 0 radical (unpaired) electrons. The van der Waals surface area contributed by atoms with Gasteiger partial charge in [0.05, 0.1) is 6.10 Å². The van der Waals surface area contributed by atoms with E-state index >= 15 is 0 Å². The van der Waals surface area contributed by atoms with Crippen molar-refractivity contribution in [1.29, 1.82) is 0 Å². The summed E-state index contributed by atoms with van der Waals surface area (Å²) in [7, 11) is 0. The summed E-state index contributed by atoms with van der Waals surface area (Å²) in [6.45, 7) is 5.63. The van der Waals surface area contributed by atoms with Gasteiger partial charge in [-0.05, 0) is 31.1 Å². The van der Waals surface area contributed by atoms with Gasteiger partial charge in [-0.1, -0.05) is 36.2 Å². The summed E-state index contributed by atoms with van der Waals surface area (Å²) < 4.78 is 5.59. The molecule has 0 aromatic carbocycles. The molecule has 1 aliphatic heterocycles. The first-order chi connectivity index (χ1) is 6.14. The number of rotatable bonds is 5. The molecule has 1 aliphatic rings. The zero-order valence-corrected chi connectivity index (χ0v) is 10.4. The standard InChI is InChI=1S/C11H21BrO/c1-11(2,9-12)7-3-5-10-6-4-8-13-10/h10H,3-9H2,1-2H3. The summed E-state index contributed by atoms with van der Waals surface area (Å²) in [4.78, 5) is 0. The van der Waals surface area contributed by atoms with Gasteiger partial charge in [0.25, 0.3) is 0 Å². The Hall–Kier alpha value is 0.440. The summed E-state index contributed by atoms with van der Waals surface area (Å²) in [5.41, 5.74) is 0.457. The molecule has 78 valence electrons. The van der Waals surface area contributed by atoms with Crippen molar-refractivity contribution < 1.29 is 4.74 Å². The van der Waals surface area contributed by atoms with E-state index < -0.39 is 0 Å². The third kappa shape index (κ3) is 4.46. The van der Waals surface area contributed by atoms with Crippen molar-refractivity contribution in [3.05, 3.63) is 0 Å². The van der Waals surface area contributed by atoms with Crippen LogP contribution in [0.4, 0.5) is 0 Å². The molecule has 0 N–H and O–H groups in total. The topological polar surface area (TPSA) is 9.23 Å². The van der Waals surface area contributed by atoms with Gasteiger partial charge in [-0.2, -0.15) is 0 Å². The van der Waals surface area contributed by atoms with E-state index in [9.17, 15) is 0 Å². The van der Waals surface area contributed by atoms with E-state index in [1.54, 1.807) is 0 Å². The van der Waals surface area contributed by atoms with Crippen molar-refractivity contribution in [2.75, 3.05) is 11.9 Å². The van der Waals surface area contributed by atoms with Gasteiger partial charge in [0.1, 0.15) is 0 Å². The van der Waals surface area contributed by atoms with Crippen molar-refractivity contribution in [2.24, 2.45) is 5.41 Å². The second kappa shape index (κ2) is 5.35. The highest BCUT2D eigenvalue weighted by Crippen LogP contribution is 2.27. The average Bonchev–Trinajstić information content (AvgIpc) is 2.57. The van der Waals surface area contributed by atoms with Crippen LogP contribution < -0.4 is 0 Å². The first kappa shape index (κ1) is 11.5. The zero-order valence-electron chi connectivity index (χ0n) is 8.81. The van der Waals surface area contributed by atoms with Crippen LogP contribution in [-0.2, 0) is 4.74 Å². The molecule has 0 spiro atoms. The minimum atomic E-state index is 0.457. The van der Waals surface area contributed by atoms with Crippen molar-refractivity contribution in [2.45, 2.75) is 52.1 Å². The predicted octanol–water partition coefficient (Wildman–Crippen LogP) is 3.76. The minimum Gasteiger partial charge on any atom is -0.378 e. The van der Waals surface area contributed by atoms with Gasteiger partial charge in [-0.15, -0.1) is 0 Å². The quantitative estimate of drug-likeness (QED) is 0.674. The highest BCUT2D eigenvalue weighted by atomic mass is 79.9. The third-order valence-corrected chi connectivity index (χ3v) is 4.28. The Morgan fingerprint density at radius 1 is 1.46 bits per heavy atom. The molecule has 0 aliphatic carbocycles. The number of hydrogen-bond acceptors (Lipinski definition) is 1. The highest BCUT2D eigenvalue weighted by molar-refractivity contribution is 9.09. The molecule has 13 heavy (non-hydrogen) atoms. The lowest BCUT2D eigenvalue weighted by molar-refractivity contribution is 0.0994. The van der Waals surface area contributed by atoms with Crippen LogP contribution in [0.3, 0.4) is 0 Å². The van der Waals surface area contributed by atoms with Crippen LogP contribution in [0.25, 0.3) is 0 Å². The van der Waals surface area contributed by atoms with Crippen LogP contribution >= 0.6 is 15.9 Å². The van der Waals surface area contributed by atoms with Crippen LogP contribution in [0.5, 0.6) is 0 Å². The maximum absolute atomic E-state index is 5.59. The van der Waals surface area contributed by atoms with Crippen molar-refractivity contribution >= 4 is 15.9 Å². The second-order valence-corrected chi connectivity index (χ2v) is 5.39. The fourth-order valence-electron chi connectivity index (χ4n) is 1.75. The molecule has 1 unspecified atom stereocenters. The molecular formula is C11H21BrO. The van der Waals surface area contributed by atoms with Crippen molar-refractivity contribution in [3.63, 3.8) is 0 Å². The lowest BCUT2D eigenvalue weighted by Gasteiger charge is -2.21. The molecule has 1 fully saturated rings. The summed E-state index contributed by atoms with van der Waals surface area (Å²) in [5.74, 6) is 0. The third-order valence-electron chi connectivity index (χ3n) is 2.77. The SMILES string of the molecule is CC(C)(CBr)CCCC1CCCO1. The number of halogens is 1. The van der Waals surface area contributed by atoms with Crippen LogP contribution in [-0.4, -0.2) is 18.0 Å². The van der Waals surface area contributed by atoms with Crippen LogP contribution in [0.15, 0.2) is 0 Å². The predicted molar refractivity (Wildman–Crippen MR) is 60.4 cm³/mol. The van der Waals surface area contributed by atoms with Gasteiger partial charge in [-0.25, -0.2) is 0 Å². The largest absolute Gasteiger partial charge is 0.378 e. The number of hydrogen-bond donors (Lipinski definition) is 0. The molecule has 1 atom stereocenters. The molecule has 1 nitrogen and oxygen atoms in total. The summed E-state index contributed by atoms with van der Waals surface area (Å²) in [5, 5.41) is 1.10. The van der Waals surface area contributed by atoms with Crippen LogP contribution in [0, 0.1) is 5.41 Å². The second-order valence-electron chi connectivity index (χ2n) is 4.83. The van der Waals surface area contributed by atoms with Gasteiger partial charge in [0.2, 0.25) is 0 Å². The minimum absolute atomic E-state index is 0.457. The average molecular weight is 249 g/mol. The van der Waals surface area contributed by atoms with Gasteiger partial charge >= 0.3 is 0 Å². The Morgan fingerprint density at radius 3 is 2.77 bits per heavy atom. The highest BCUT2D eigenvalue weighted by Gasteiger charge is 2.19. The van der Waals surface area contributed by atoms with E-state index in [2.05, 4.69) is 29.8 Å². The smallest absolute Gasteiger partial charge is 0.0576 e. The van der Waals surface area contributed by atoms with E-state index in [0.29, 0.717) is 11.5 Å². The summed E-state index contributed by atoms with van der Waals surface area (Å²) >= 11 is 3.55. The Bertz CT molecular complexity index is 139. The van der Waals surface area contributed by atoms with Crippen molar-refractivity contribution in [3.8, 4) is 0 Å². The van der Waals surface area contributed by atoms with E-state index in [1.165, 1.54) is 32.1 Å². The Balaban J connectivity index is 2.06. The first-order valence-corrected chi connectivity index (χ1v) is 6.44. The maximum atomic E-state index is 5.59. The molecule has 2 heteroatoms. The van der Waals surface area contributed by atoms with E-state index in [-0.39, 0.29) is 0 Å². The van der Waals surface area contributed by atoms with Crippen molar-refractivity contribution in [1.82, 2.24) is 0 Å². The van der Waals surface area contributed by atoms with Gasteiger partial charge in [0, 0.05) is 11.9 Å². The fourth-order valence-corrected chi connectivity index (χ4v) is 2.03. The normalized spacial score (nSPS) is 23.8. The summed E-state index contributed by atoms with van der Waals surface area (Å²) in [6, 6.07) is 0. The van der Waals surface area contributed by atoms with Crippen LogP contribution in [0.1, 0.15) is 46.0 Å². The van der Waals surface area contributed by atoms with E-state index in [4.69, 9.17) is 4.74 Å². The first-order valence-electron chi connectivity index (χ1n) is 5.32. The molecular weight excluding hydrogens is 228 g/mol. The summed E-state index contributed by atoms with van der Waals surface area (Å²) in [6.07, 6.45) is 7.00. The van der Waals surface area contributed by atoms with E-state index in [0.717, 1.165) is 11.9 Å². The molecule has 0 saturated carbocycles. The fraction of sp³-hybridized carbons (Fsp3) is 1.00. The molecule has 1 saturated heterocycles. The lowest BCUT2D eigenvalue weighted by atomic mass is 9.89. The molecule has 0 aromatic heterocycles. The Labute approximate surface area is 90.4 Å². The molecule has 1 heterocycles. The monoisotopic (exact) mass is 248 g/mol. The van der Waals surface area contributed by atoms with E-state index in [1.807, 2.05) is 0 Å².